The Balaban J connectivity index is 3.16. The van der Waals surface area contributed by atoms with E-state index in [2.05, 4.69) is 48.6 Å². The molecule has 1 atom stereocenters. The Morgan fingerprint density at radius 1 is 1.71 bits per heavy atom. The molecule has 0 aliphatic heterocycles. The number of hydrogen-bond acceptors (Lipinski definition) is 0. The predicted molar refractivity (Wildman–Crippen MR) is 42.9 cm³/mol. The summed E-state index contributed by atoms with van der Waals surface area (Å²) in [6.07, 6.45) is 5.55. The molecule has 0 amide bonds. The molecule has 0 spiro atoms. The van der Waals surface area contributed by atoms with Crippen molar-refractivity contribution in [3.63, 3.8) is 0 Å². The maximum Gasteiger partial charge on any atom is 0.0286 e. The standard InChI is InChI=1S/C6H11I/c1-3-5-6(7)4-2/h3,5-6H,4H2,1-2H3/b5-3+. The average Bonchev–Trinajstić information content (AvgIpc) is 1.68. The second-order valence-electron chi connectivity index (χ2n) is 1.45. The van der Waals surface area contributed by atoms with Gasteiger partial charge in [0.2, 0.25) is 0 Å². The van der Waals surface area contributed by atoms with Crippen LogP contribution in [0.5, 0.6) is 0 Å². The molecule has 0 fully saturated rings. The third-order valence-electron chi connectivity index (χ3n) is 0.791. The Labute approximate surface area is 59.1 Å². The zero-order chi connectivity index (χ0) is 5.70. The normalized spacial score (nSPS) is 15.3. The second-order valence-corrected chi connectivity index (χ2v) is 3.05. The quantitative estimate of drug-likeness (QED) is 0.373. The van der Waals surface area contributed by atoms with Crippen LogP contribution in [-0.2, 0) is 0 Å². The van der Waals surface area contributed by atoms with Gasteiger partial charge >= 0.3 is 0 Å². The molecule has 0 nitrogen and oxygen atoms in total. The molecule has 0 radical (unpaired) electrons. The summed E-state index contributed by atoms with van der Waals surface area (Å²) in [5.41, 5.74) is 0. The zero-order valence-corrected chi connectivity index (χ0v) is 6.97. The first-order valence-electron chi connectivity index (χ1n) is 2.58. The van der Waals surface area contributed by atoms with Crippen LogP contribution in [0.4, 0.5) is 0 Å². The summed E-state index contributed by atoms with van der Waals surface area (Å²) in [5, 5.41) is 0. The lowest BCUT2D eigenvalue weighted by Gasteiger charge is -1.93. The third kappa shape index (κ3) is 4.32. The van der Waals surface area contributed by atoms with Crippen LogP contribution < -0.4 is 0 Å². The van der Waals surface area contributed by atoms with Gasteiger partial charge in [-0.05, 0) is 13.3 Å². The van der Waals surface area contributed by atoms with Crippen LogP contribution >= 0.6 is 22.6 Å². The monoisotopic (exact) mass is 210 g/mol. The molecule has 0 aromatic carbocycles. The van der Waals surface area contributed by atoms with Crippen LogP contribution in [0, 0.1) is 0 Å². The van der Waals surface area contributed by atoms with Crippen LogP contribution in [0.1, 0.15) is 20.3 Å². The van der Waals surface area contributed by atoms with E-state index in [0.29, 0.717) is 0 Å². The highest BCUT2D eigenvalue weighted by atomic mass is 127. The summed E-state index contributed by atoms with van der Waals surface area (Å²) in [6.45, 7) is 4.25. The molecule has 0 rings (SSSR count). The van der Waals surface area contributed by atoms with Crippen molar-refractivity contribution in [2.24, 2.45) is 0 Å². The number of rotatable bonds is 2. The maximum atomic E-state index is 2.42. The summed E-state index contributed by atoms with van der Waals surface area (Å²) >= 11 is 2.42. The van der Waals surface area contributed by atoms with E-state index in [9.17, 15) is 0 Å². The number of allylic oxidation sites excluding steroid dienone is 2. The highest BCUT2D eigenvalue weighted by Gasteiger charge is 1.88. The predicted octanol–water partition coefficient (Wildman–Crippen LogP) is 2.78. The number of halogens is 1. The highest BCUT2D eigenvalue weighted by molar-refractivity contribution is 14.1. The molecule has 1 heteroatoms. The van der Waals surface area contributed by atoms with Crippen LogP contribution in [0.25, 0.3) is 0 Å². The lowest BCUT2D eigenvalue weighted by atomic mass is 10.3. The van der Waals surface area contributed by atoms with Crippen LogP contribution in [-0.4, -0.2) is 3.92 Å². The van der Waals surface area contributed by atoms with E-state index in [0.717, 1.165) is 3.92 Å². The Morgan fingerprint density at radius 2 is 2.29 bits per heavy atom. The Morgan fingerprint density at radius 3 is 2.43 bits per heavy atom. The summed E-state index contributed by atoms with van der Waals surface area (Å²) in [4.78, 5) is 0. The fourth-order valence-electron chi connectivity index (χ4n) is 0.345. The molecule has 0 aliphatic rings. The molecule has 0 saturated heterocycles. The van der Waals surface area contributed by atoms with E-state index in [4.69, 9.17) is 0 Å². The molecule has 0 bridgehead atoms. The molecule has 0 aliphatic carbocycles. The first-order valence-corrected chi connectivity index (χ1v) is 3.82. The molecule has 7 heavy (non-hydrogen) atoms. The zero-order valence-electron chi connectivity index (χ0n) is 4.82. The van der Waals surface area contributed by atoms with E-state index in [1.807, 2.05) is 0 Å². The molecule has 0 aromatic rings. The molecule has 0 saturated carbocycles. The van der Waals surface area contributed by atoms with Gasteiger partial charge in [0.1, 0.15) is 0 Å². The summed E-state index contributed by atoms with van der Waals surface area (Å²) in [5.74, 6) is 0. The van der Waals surface area contributed by atoms with Crippen molar-refractivity contribution < 1.29 is 0 Å². The Hall–Kier alpha value is 0.470. The molecule has 1 unspecified atom stereocenters. The van der Waals surface area contributed by atoms with Crippen molar-refractivity contribution in [2.75, 3.05) is 0 Å². The van der Waals surface area contributed by atoms with E-state index in [1.165, 1.54) is 6.42 Å². The summed E-state index contributed by atoms with van der Waals surface area (Å²) in [7, 11) is 0. The van der Waals surface area contributed by atoms with Gasteiger partial charge in [-0.25, -0.2) is 0 Å². The third-order valence-corrected chi connectivity index (χ3v) is 2.09. The first kappa shape index (κ1) is 7.47. The highest BCUT2D eigenvalue weighted by Crippen LogP contribution is 2.05. The smallest absolute Gasteiger partial charge is 0.0286 e. The minimum Gasteiger partial charge on any atom is -0.0906 e. The fourth-order valence-corrected chi connectivity index (χ4v) is 0.760. The minimum atomic E-state index is 0.739. The van der Waals surface area contributed by atoms with Crippen molar-refractivity contribution in [3.05, 3.63) is 12.2 Å². The fraction of sp³-hybridized carbons (Fsp3) is 0.667. The number of hydrogen-bond donors (Lipinski definition) is 0. The van der Waals surface area contributed by atoms with Gasteiger partial charge in [0.05, 0.1) is 0 Å². The first-order chi connectivity index (χ1) is 3.31. The van der Waals surface area contributed by atoms with Gasteiger partial charge < -0.3 is 0 Å². The van der Waals surface area contributed by atoms with Crippen molar-refractivity contribution in [3.8, 4) is 0 Å². The van der Waals surface area contributed by atoms with Crippen LogP contribution in [0.3, 0.4) is 0 Å². The van der Waals surface area contributed by atoms with Gasteiger partial charge in [-0.2, -0.15) is 0 Å². The van der Waals surface area contributed by atoms with E-state index < -0.39 is 0 Å². The van der Waals surface area contributed by atoms with Gasteiger partial charge in [0.25, 0.3) is 0 Å². The maximum absolute atomic E-state index is 2.42. The van der Waals surface area contributed by atoms with Gasteiger partial charge in [0.15, 0.2) is 0 Å². The molecule has 42 valence electrons. The lowest BCUT2D eigenvalue weighted by Crippen LogP contribution is -1.84. The second kappa shape index (κ2) is 4.62. The van der Waals surface area contributed by atoms with Crippen LogP contribution in [0.2, 0.25) is 0 Å². The summed E-state index contributed by atoms with van der Waals surface area (Å²) in [6, 6.07) is 0. The van der Waals surface area contributed by atoms with Gasteiger partial charge in [0, 0.05) is 3.92 Å². The molecule has 0 aromatic heterocycles. The van der Waals surface area contributed by atoms with Gasteiger partial charge in [-0.3, -0.25) is 0 Å². The van der Waals surface area contributed by atoms with Gasteiger partial charge in [-0.15, -0.1) is 0 Å². The number of alkyl halides is 1. The molecule has 0 heterocycles. The van der Waals surface area contributed by atoms with Crippen molar-refractivity contribution in [1.82, 2.24) is 0 Å². The average molecular weight is 210 g/mol. The van der Waals surface area contributed by atoms with Crippen molar-refractivity contribution in [1.29, 1.82) is 0 Å². The Kier molecular flexibility index (Phi) is 4.94. The topological polar surface area (TPSA) is 0 Å². The minimum absolute atomic E-state index is 0.739. The van der Waals surface area contributed by atoms with Gasteiger partial charge in [-0.1, -0.05) is 41.7 Å². The molecular weight excluding hydrogens is 199 g/mol. The Bertz CT molecular complexity index is 57.2. The lowest BCUT2D eigenvalue weighted by molar-refractivity contribution is 1.01. The largest absolute Gasteiger partial charge is 0.0906 e. The molecule has 0 N–H and O–H groups in total. The van der Waals surface area contributed by atoms with E-state index >= 15 is 0 Å². The van der Waals surface area contributed by atoms with E-state index in [1.54, 1.807) is 0 Å². The van der Waals surface area contributed by atoms with Crippen LogP contribution in [0.15, 0.2) is 12.2 Å². The summed E-state index contributed by atoms with van der Waals surface area (Å²) < 4.78 is 0.739. The SMILES string of the molecule is C/C=C/C(I)CC. The molecular formula is C6H11I. The van der Waals surface area contributed by atoms with Crippen molar-refractivity contribution in [2.45, 2.75) is 24.2 Å². The van der Waals surface area contributed by atoms with Crippen molar-refractivity contribution >= 4 is 22.6 Å². The van der Waals surface area contributed by atoms with E-state index in [-0.39, 0.29) is 0 Å².